The molecule has 1 aromatic heterocycles. The van der Waals surface area contributed by atoms with E-state index in [-0.39, 0.29) is 5.95 Å². The molecule has 0 amide bonds. The second kappa shape index (κ2) is 5.35. The molecule has 0 aliphatic rings. The van der Waals surface area contributed by atoms with Gasteiger partial charge in [-0.25, -0.2) is 4.98 Å². The number of ether oxygens (including phenoxy) is 1. The molecule has 0 spiro atoms. The van der Waals surface area contributed by atoms with Crippen molar-refractivity contribution in [1.82, 2.24) is 9.97 Å². The molecule has 0 bridgehead atoms. The molecule has 1 aromatic carbocycles. The summed E-state index contributed by atoms with van der Waals surface area (Å²) in [5, 5.41) is 0. The summed E-state index contributed by atoms with van der Waals surface area (Å²) in [5.41, 5.74) is 13.0. The van der Waals surface area contributed by atoms with Crippen LogP contribution in [0.5, 0.6) is 5.75 Å². The predicted octanol–water partition coefficient (Wildman–Crippen LogP) is 2.10. The predicted molar refractivity (Wildman–Crippen MR) is 72.1 cm³/mol. The van der Waals surface area contributed by atoms with Gasteiger partial charge >= 0.3 is 0 Å². The Morgan fingerprint density at radius 3 is 2.50 bits per heavy atom. The van der Waals surface area contributed by atoms with Gasteiger partial charge in [-0.05, 0) is 24.1 Å². The molecule has 0 atom stereocenters. The highest BCUT2D eigenvalue weighted by Gasteiger charge is 2.05. The van der Waals surface area contributed by atoms with Gasteiger partial charge in [0.15, 0.2) is 0 Å². The van der Waals surface area contributed by atoms with Gasteiger partial charge in [0.05, 0.1) is 6.61 Å². The summed E-state index contributed by atoms with van der Waals surface area (Å²) in [6.45, 7) is 2.78. The van der Waals surface area contributed by atoms with E-state index in [1.807, 2.05) is 24.3 Å². The fourth-order valence-corrected chi connectivity index (χ4v) is 1.58. The van der Waals surface area contributed by atoms with Gasteiger partial charge in [0, 0.05) is 11.8 Å². The smallest absolute Gasteiger partial charge is 0.221 e. The maximum atomic E-state index is 5.81. The molecule has 0 radical (unpaired) electrons. The number of nitrogens with zero attached hydrogens (tertiary/aromatic N) is 2. The van der Waals surface area contributed by atoms with E-state index in [2.05, 4.69) is 16.9 Å². The van der Waals surface area contributed by atoms with E-state index in [0.29, 0.717) is 12.4 Å². The normalized spacial score (nSPS) is 10.3. The SMILES string of the molecule is CCCOc1ccc(-c2cnc(N)nc2N)cc1. The van der Waals surface area contributed by atoms with Gasteiger partial charge in [0.25, 0.3) is 0 Å². The summed E-state index contributed by atoms with van der Waals surface area (Å²) >= 11 is 0. The number of hydrogen-bond acceptors (Lipinski definition) is 5. The Labute approximate surface area is 106 Å². The zero-order valence-corrected chi connectivity index (χ0v) is 10.3. The van der Waals surface area contributed by atoms with Crippen LogP contribution in [-0.4, -0.2) is 16.6 Å². The first-order chi connectivity index (χ1) is 8.70. The Morgan fingerprint density at radius 2 is 1.89 bits per heavy atom. The van der Waals surface area contributed by atoms with E-state index in [1.165, 1.54) is 0 Å². The van der Waals surface area contributed by atoms with E-state index >= 15 is 0 Å². The highest BCUT2D eigenvalue weighted by atomic mass is 16.5. The van der Waals surface area contributed by atoms with Crippen LogP contribution in [0.1, 0.15) is 13.3 Å². The molecule has 2 aromatic rings. The third-order valence-electron chi connectivity index (χ3n) is 2.48. The number of aromatic nitrogens is 2. The molecule has 5 nitrogen and oxygen atoms in total. The van der Waals surface area contributed by atoms with Crippen molar-refractivity contribution in [2.45, 2.75) is 13.3 Å². The second-order valence-electron chi connectivity index (χ2n) is 3.90. The summed E-state index contributed by atoms with van der Waals surface area (Å²) in [6, 6.07) is 7.66. The Morgan fingerprint density at radius 1 is 1.17 bits per heavy atom. The standard InChI is InChI=1S/C13H16N4O/c1-2-7-18-10-5-3-9(4-6-10)11-8-16-13(15)17-12(11)14/h3-6,8H,2,7H2,1H3,(H4,14,15,16,17). The van der Waals surface area contributed by atoms with Crippen molar-refractivity contribution in [2.75, 3.05) is 18.1 Å². The molecule has 0 aliphatic heterocycles. The van der Waals surface area contributed by atoms with E-state index in [0.717, 1.165) is 23.3 Å². The van der Waals surface area contributed by atoms with E-state index in [1.54, 1.807) is 6.20 Å². The largest absolute Gasteiger partial charge is 0.494 e. The van der Waals surface area contributed by atoms with Crippen LogP contribution < -0.4 is 16.2 Å². The number of anilines is 2. The third kappa shape index (κ3) is 2.68. The maximum Gasteiger partial charge on any atom is 0.221 e. The molecule has 5 heteroatoms. The Bertz CT molecular complexity index is 525. The lowest BCUT2D eigenvalue weighted by molar-refractivity contribution is 0.317. The van der Waals surface area contributed by atoms with Crippen molar-refractivity contribution in [3.05, 3.63) is 30.5 Å². The highest BCUT2D eigenvalue weighted by molar-refractivity contribution is 5.73. The quantitative estimate of drug-likeness (QED) is 0.860. The monoisotopic (exact) mass is 244 g/mol. The van der Waals surface area contributed by atoms with Gasteiger partial charge in [-0.2, -0.15) is 4.98 Å². The first-order valence-electron chi connectivity index (χ1n) is 5.82. The van der Waals surface area contributed by atoms with E-state index in [4.69, 9.17) is 16.2 Å². The van der Waals surface area contributed by atoms with Gasteiger partial charge in [-0.1, -0.05) is 19.1 Å². The minimum atomic E-state index is 0.180. The van der Waals surface area contributed by atoms with Crippen molar-refractivity contribution in [1.29, 1.82) is 0 Å². The zero-order chi connectivity index (χ0) is 13.0. The molecule has 0 fully saturated rings. The maximum absolute atomic E-state index is 5.81. The van der Waals surface area contributed by atoms with Gasteiger partial charge in [0.1, 0.15) is 11.6 Å². The van der Waals surface area contributed by atoms with Gasteiger partial charge < -0.3 is 16.2 Å². The van der Waals surface area contributed by atoms with Crippen LogP contribution in [0.2, 0.25) is 0 Å². The zero-order valence-electron chi connectivity index (χ0n) is 10.3. The number of nitrogen functional groups attached to an aromatic ring is 2. The molecule has 0 aliphatic carbocycles. The highest BCUT2D eigenvalue weighted by Crippen LogP contribution is 2.25. The van der Waals surface area contributed by atoms with Gasteiger partial charge in [-0.15, -0.1) is 0 Å². The molecule has 1 heterocycles. The van der Waals surface area contributed by atoms with Crippen LogP contribution in [0.4, 0.5) is 11.8 Å². The van der Waals surface area contributed by atoms with E-state index in [9.17, 15) is 0 Å². The Kier molecular flexibility index (Phi) is 3.62. The fourth-order valence-electron chi connectivity index (χ4n) is 1.58. The molecule has 0 saturated heterocycles. The molecule has 4 N–H and O–H groups in total. The number of rotatable bonds is 4. The Hall–Kier alpha value is -2.30. The molecule has 94 valence electrons. The number of nitrogens with two attached hydrogens (primary N) is 2. The second-order valence-corrected chi connectivity index (χ2v) is 3.90. The molecule has 0 saturated carbocycles. The van der Waals surface area contributed by atoms with E-state index < -0.39 is 0 Å². The first kappa shape index (κ1) is 12.2. The molecule has 2 rings (SSSR count). The third-order valence-corrected chi connectivity index (χ3v) is 2.48. The number of benzene rings is 1. The van der Waals surface area contributed by atoms with Crippen LogP contribution in [0, 0.1) is 0 Å². The molecule has 0 unspecified atom stereocenters. The average Bonchev–Trinajstić information content (AvgIpc) is 2.37. The summed E-state index contributed by atoms with van der Waals surface area (Å²) in [4.78, 5) is 7.88. The van der Waals surface area contributed by atoms with Crippen molar-refractivity contribution in [2.24, 2.45) is 0 Å². The lowest BCUT2D eigenvalue weighted by atomic mass is 10.1. The minimum Gasteiger partial charge on any atom is -0.494 e. The fraction of sp³-hybridized carbons (Fsp3) is 0.231. The summed E-state index contributed by atoms with van der Waals surface area (Å²) < 4.78 is 5.51. The van der Waals surface area contributed by atoms with Gasteiger partial charge in [-0.3, -0.25) is 0 Å². The molecular formula is C13H16N4O. The van der Waals surface area contributed by atoms with Crippen LogP contribution in [-0.2, 0) is 0 Å². The number of hydrogen-bond donors (Lipinski definition) is 2. The Balaban J connectivity index is 2.23. The summed E-state index contributed by atoms with van der Waals surface area (Å²) in [7, 11) is 0. The summed E-state index contributed by atoms with van der Waals surface area (Å²) in [6.07, 6.45) is 2.61. The van der Waals surface area contributed by atoms with Gasteiger partial charge in [0.2, 0.25) is 5.95 Å². The van der Waals surface area contributed by atoms with Crippen molar-refractivity contribution < 1.29 is 4.74 Å². The molecule has 18 heavy (non-hydrogen) atoms. The van der Waals surface area contributed by atoms with Crippen LogP contribution in [0.3, 0.4) is 0 Å². The molecular weight excluding hydrogens is 228 g/mol. The van der Waals surface area contributed by atoms with Crippen molar-refractivity contribution >= 4 is 11.8 Å². The lowest BCUT2D eigenvalue weighted by Gasteiger charge is -2.07. The topological polar surface area (TPSA) is 87.0 Å². The lowest BCUT2D eigenvalue weighted by Crippen LogP contribution is -2.01. The minimum absolute atomic E-state index is 0.180. The van der Waals surface area contributed by atoms with Crippen molar-refractivity contribution in [3.8, 4) is 16.9 Å². The summed E-state index contributed by atoms with van der Waals surface area (Å²) in [5.74, 6) is 1.40. The van der Waals surface area contributed by atoms with Crippen LogP contribution in [0.15, 0.2) is 30.5 Å². The van der Waals surface area contributed by atoms with Crippen LogP contribution >= 0.6 is 0 Å². The average molecular weight is 244 g/mol. The van der Waals surface area contributed by atoms with Crippen molar-refractivity contribution in [3.63, 3.8) is 0 Å². The van der Waals surface area contributed by atoms with Crippen LogP contribution in [0.25, 0.3) is 11.1 Å². The first-order valence-corrected chi connectivity index (χ1v) is 5.82.